The summed E-state index contributed by atoms with van der Waals surface area (Å²) in [5.41, 5.74) is 3.49. The van der Waals surface area contributed by atoms with Crippen molar-refractivity contribution in [1.29, 1.82) is 0 Å². The van der Waals surface area contributed by atoms with E-state index in [0.717, 1.165) is 41.8 Å². The van der Waals surface area contributed by atoms with E-state index < -0.39 is 0 Å². The summed E-state index contributed by atoms with van der Waals surface area (Å²) in [5, 5.41) is 8.54. The molecule has 6 nitrogen and oxygen atoms in total. The van der Waals surface area contributed by atoms with E-state index in [0.29, 0.717) is 12.8 Å². The minimum Gasteiger partial charge on any atom is -0.454 e. The lowest BCUT2D eigenvalue weighted by atomic mass is 9.86. The van der Waals surface area contributed by atoms with Crippen LogP contribution in [0.1, 0.15) is 31.2 Å². The highest BCUT2D eigenvalue weighted by molar-refractivity contribution is 5.93. The summed E-state index contributed by atoms with van der Waals surface area (Å²) in [6, 6.07) is 17.2. The second kappa shape index (κ2) is 9.25. The Morgan fingerprint density at radius 1 is 0.969 bits per heavy atom. The highest BCUT2D eigenvalue weighted by atomic mass is 16.7. The number of benzene rings is 2. The molecule has 1 saturated carbocycles. The highest BCUT2D eigenvalue weighted by Crippen LogP contribution is 2.33. The van der Waals surface area contributed by atoms with E-state index in [2.05, 4.69) is 72.1 Å². The van der Waals surface area contributed by atoms with Gasteiger partial charge in [-0.05, 0) is 61.9 Å². The summed E-state index contributed by atoms with van der Waals surface area (Å²) in [6.07, 6.45) is 4.84. The van der Waals surface area contributed by atoms with Gasteiger partial charge in [0.1, 0.15) is 5.82 Å². The van der Waals surface area contributed by atoms with Crippen molar-refractivity contribution < 1.29 is 9.47 Å². The van der Waals surface area contributed by atoms with E-state index in [1.165, 1.54) is 42.3 Å². The van der Waals surface area contributed by atoms with Crippen molar-refractivity contribution in [3.05, 3.63) is 54.1 Å². The lowest BCUT2D eigenvalue weighted by Crippen LogP contribution is -2.31. The highest BCUT2D eigenvalue weighted by Gasteiger charge is 2.22. The molecule has 0 amide bonds. The van der Waals surface area contributed by atoms with Crippen LogP contribution in [0.2, 0.25) is 0 Å². The Hall–Kier alpha value is -2.99. The first-order chi connectivity index (χ1) is 15.7. The predicted molar refractivity (Wildman–Crippen MR) is 130 cm³/mol. The Morgan fingerprint density at radius 3 is 2.62 bits per heavy atom. The summed E-state index contributed by atoms with van der Waals surface area (Å²) < 4.78 is 10.9. The fourth-order valence-electron chi connectivity index (χ4n) is 4.79. The van der Waals surface area contributed by atoms with Crippen LogP contribution in [0, 0.1) is 5.92 Å². The maximum absolute atomic E-state index is 5.48. The molecule has 0 bridgehead atoms. The Morgan fingerprint density at radius 2 is 1.78 bits per heavy atom. The number of pyridine rings is 1. The van der Waals surface area contributed by atoms with Crippen LogP contribution < -0.4 is 25.0 Å². The van der Waals surface area contributed by atoms with Gasteiger partial charge < -0.3 is 25.0 Å². The topological polar surface area (TPSA) is 58.7 Å². The molecule has 2 N–H and O–H groups in total. The second-order valence-corrected chi connectivity index (χ2v) is 9.12. The van der Waals surface area contributed by atoms with Gasteiger partial charge in [0.25, 0.3) is 0 Å². The summed E-state index contributed by atoms with van der Waals surface area (Å²) in [6.45, 7) is 2.25. The fourth-order valence-corrected chi connectivity index (χ4v) is 4.79. The molecule has 0 radical (unpaired) electrons. The normalized spacial score (nSPS) is 19.8. The summed E-state index contributed by atoms with van der Waals surface area (Å²) in [5.74, 6) is 3.41. The molecule has 32 heavy (non-hydrogen) atoms. The Bertz CT molecular complexity index is 1080. The molecule has 1 fully saturated rings. The number of hydrogen-bond acceptors (Lipinski definition) is 6. The number of para-hydroxylation sites is 1. The lowest BCUT2D eigenvalue weighted by Gasteiger charge is -2.30. The third kappa shape index (κ3) is 4.60. The second-order valence-electron chi connectivity index (χ2n) is 9.12. The standard InChI is InChI=1S/C26H32N4O2/c1-30(2)23-14-26(29-22-6-4-3-5-21(22)23)28-20-10-7-18(8-11-20)15-27-16-19-9-12-24-25(13-19)32-17-31-24/h3-6,9,12-14,18,20,27H,7-8,10-11,15-17H2,1-2H3,(H,28,29). The average molecular weight is 433 g/mol. The van der Waals surface area contributed by atoms with E-state index in [-0.39, 0.29) is 0 Å². The van der Waals surface area contributed by atoms with Crippen LogP contribution in [-0.4, -0.2) is 38.5 Å². The molecule has 2 aromatic carbocycles. The number of aromatic nitrogens is 1. The third-order valence-electron chi connectivity index (χ3n) is 6.57. The molecule has 168 valence electrons. The Labute approximate surface area is 189 Å². The van der Waals surface area contributed by atoms with Gasteiger partial charge in [0.2, 0.25) is 6.79 Å². The van der Waals surface area contributed by atoms with Crippen LogP contribution in [-0.2, 0) is 6.54 Å². The van der Waals surface area contributed by atoms with Gasteiger partial charge in [-0.3, -0.25) is 0 Å². The molecule has 1 aliphatic carbocycles. The van der Waals surface area contributed by atoms with Gasteiger partial charge in [0.15, 0.2) is 11.5 Å². The fraction of sp³-hybridized carbons (Fsp3) is 0.423. The molecule has 0 unspecified atom stereocenters. The molecule has 5 rings (SSSR count). The minimum absolute atomic E-state index is 0.328. The first kappa shape index (κ1) is 20.9. The van der Waals surface area contributed by atoms with Crippen LogP contribution >= 0.6 is 0 Å². The maximum Gasteiger partial charge on any atom is 0.231 e. The van der Waals surface area contributed by atoms with Crippen LogP contribution in [0.25, 0.3) is 10.9 Å². The summed E-state index contributed by atoms with van der Waals surface area (Å²) >= 11 is 0. The van der Waals surface area contributed by atoms with Crippen molar-refractivity contribution in [3.8, 4) is 11.5 Å². The minimum atomic E-state index is 0.328. The third-order valence-corrected chi connectivity index (χ3v) is 6.57. The first-order valence-electron chi connectivity index (χ1n) is 11.6. The Balaban J connectivity index is 1.12. The van der Waals surface area contributed by atoms with Gasteiger partial charge in [-0.15, -0.1) is 0 Å². The van der Waals surface area contributed by atoms with Gasteiger partial charge in [-0.25, -0.2) is 4.98 Å². The van der Waals surface area contributed by atoms with Crippen molar-refractivity contribution in [2.75, 3.05) is 37.6 Å². The number of anilines is 2. The maximum atomic E-state index is 5.48. The SMILES string of the molecule is CN(C)c1cc(NC2CCC(CNCc3ccc4c(c3)OCO4)CC2)nc2ccccc12. The molecule has 0 saturated heterocycles. The van der Waals surface area contributed by atoms with Crippen LogP contribution in [0.15, 0.2) is 48.5 Å². The van der Waals surface area contributed by atoms with Crippen LogP contribution in [0.5, 0.6) is 11.5 Å². The number of nitrogens with one attached hydrogen (secondary N) is 2. The molecule has 2 aliphatic rings. The number of fused-ring (bicyclic) bond motifs is 2. The molecule has 0 atom stereocenters. The molecular formula is C26H32N4O2. The van der Waals surface area contributed by atoms with Crippen molar-refractivity contribution in [2.24, 2.45) is 5.92 Å². The van der Waals surface area contributed by atoms with Crippen molar-refractivity contribution in [2.45, 2.75) is 38.3 Å². The zero-order chi connectivity index (χ0) is 21.9. The summed E-state index contributed by atoms with van der Waals surface area (Å²) in [4.78, 5) is 7.03. The molecule has 3 aromatic rings. The molecule has 6 heteroatoms. The molecule has 0 spiro atoms. The zero-order valence-electron chi connectivity index (χ0n) is 18.9. The molecule has 2 heterocycles. The number of hydrogen-bond donors (Lipinski definition) is 2. The van der Waals surface area contributed by atoms with E-state index in [4.69, 9.17) is 14.5 Å². The first-order valence-corrected chi connectivity index (χ1v) is 11.6. The molecular weight excluding hydrogens is 400 g/mol. The smallest absolute Gasteiger partial charge is 0.231 e. The van der Waals surface area contributed by atoms with Crippen LogP contribution in [0.3, 0.4) is 0 Å². The zero-order valence-corrected chi connectivity index (χ0v) is 18.9. The van der Waals surface area contributed by atoms with E-state index in [1.807, 2.05) is 6.07 Å². The lowest BCUT2D eigenvalue weighted by molar-refractivity contribution is 0.174. The van der Waals surface area contributed by atoms with Gasteiger partial charge in [-0.1, -0.05) is 24.3 Å². The quantitative estimate of drug-likeness (QED) is 0.560. The van der Waals surface area contributed by atoms with E-state index in [9.17, 15) is 0 Å². The van der Waals surface area contributed by atoms with Crippen molar-refractivity contribution >= 4 is 22.4 Å². The van der Waals surface area contributed by atoms with Gasteiger partial charge in [0.05, 0.1) is 5.52 Å². The van der Waals surface area contributed by atoms with Crippen LogP contribution in [0.4, 0.5) is 11.5 Å². The average Bonchev–Trinajstić information content (AvgIpc) is 3.27. The predicted octanol–water partition coefficient (Wildman–Crippen LogP) is 4.79. The Kier molecular flexibility index (Phi) is 6.04. The number of rotatable bonds is 7. The van der Waals surface area contributed by atoms with Crippen molar-refractivity contribution in [3.63, 3.8) is 0 Å². The summed E-state index contributed by atoms with van der Waals surface area (Å²) in [7, 11) is 4.18. The van der Waals surface area contributed by atoms with E-state index >= 15 is 0 Å². The molecule has 1 aromatic heterocycles. The van der Waals surface area contributed by atoms with Gasteiger partial charge in [-0.2, -0.15) is 0 Å². The monoisotopic (exact) mass is 432 g/mol. The molecule has 1 aliphatic heterocycles. The van der Waals surface area contributed by atoms with Gasteiger partial charge in [0, 0.05) is 43.8 Å². The number of ether oxygens (including phenoxy) is 2. The van der Waals surface area contributed by atoms with Crippen molar-refractivity contribution in [1.82, 2.24) is 10.3 Å². The van der Waals surface area contributed by atoms with Gasteiger partial charge >= 0.3 is 0 Å². The van der Waals surface area contributed by atoms with E-state index in [1.54, 1.807) is 0 Å². The largest absolute Gasteiger partial charge is 0.454 e. The number of nitrogens with zero attached hydrogens (tertiary/aromatic N) is 2.